The van der Waals surface area contributed by atoms with E-state index in [1.165, 1.54) is 37.2 Å². The fourth-order valence-corrected chi connectivity index (χ4v) is 3.85. The molecule has 2 aliphatic rings. The minimum atomic E-state index is 0.594. The van der Waals surface area contributed by atoms with Gasteiger partial charge < -0.3 is 20.3 Å². The molecule has 2 fully saturated rings. The van der Waals surface area contributed by atoms with Crippen molar-refractivity contribution in [2.75, 3.05) is 51.0 Å². The number of methoxy groups -OCH3 is 1. The summed E-state index contributed by atoms with van der Waals surface area (Å²) in [6.07, 6.45) is 2.59. The van der Waals surface area contributed by atoms with Gasteiger partial charge >= 0.3 is 0 Å². The van der Waals surface area contributed by atoms with Crippen LogP contribution in [-0.2, 0) is 0 Å². The fraction of sp³-hybridized carbons (Fsp3) is 0.625. The number of benzene rings is 1. The number of aryl methyl sites for hydroxylation is 1. The van der Waals surface area contributed by atoms with Gasteiger partial charge in [-0.2, -0.15) is 0 Å². The van der Waals surface area contributed by atoms with Crippen LogP contribution < -0.4 is 15.4 Å². The van der Waals surface area contributed by atoms with E-state index in [0.29, 0.717) is 5.41 Å². The number of hydrogen-bond acceptors (Lipinski definition) is 4. The molecule has 0 saturated carbocycles. The molecule has 0 aliphatic carbocycles. The monoisotopic (exact) mass is 275 g/mol. The molecule has 1 aromatic rings. The van der Waals surface area contributed by atoms with Crippen LogP contribution in [0.2, 0.25) is 0 Å². The number of ether oxygens (including phenoxy) is 1. The summed E-state index contributed by atoms with van der Waals surface area (Å²) in [5.74, 6) is 0.786. The lowest BCUT2D eigenvalue weighted by molar-refractivity contribution is 0.00130. The molecule has 1 aromatic carbocycles. The van der Waals surface area contributed by atoms with Crippen molar-refractivity contribution in [2.24, 2.45) is 5.41 Å². The van der Waals surface area contributed by atoms with E-state index < -0.39 is 0 Å². The molecule has 3 rings (SSSR count). The Balaban J connectivity index is 1.75. The fourth-order valence-electron chi connectivity index (χ4n) is 3.85. The molecule has 0 amide bonds. The maximum absolute atomic E-state index is 5.97. The number of piperidine rings is 1. The zero-order valence-corrected chi connectivity index (χ0v) is 12.8. The smallest absolute Gasteiger partial charge is 0.143 e. The van der Waals surface area contributed by atoms with Crippen molar-refractivity contribution in [3.8, 4) is 5.75 Å². The highest BCUT2D eigenvalue weighted by molar-refractivity contribution is 5.66. The quantitative estimate of drug-likeness (QED) is 0.840. The third kappa shape index (κ3) is 2.22. The summed E-state index contributed by atoms with van der Waals surface area (Å²) in [6, 6.07) is 4.12. The molecule has 0 bridgehead atoms. The van der Waals surface area contributed by atoms with Gasteiger partial charge in [0.05, 0.1) is 12.8 Å². The Kier molecular flexibility index (Phi) is 3.28. The maximum atomic E-state index is 5.97. The highest BCUT2D eigenvalue weighted by Gasteiger charge is 2.43. The van der Waals surface area contributed by atoms with Crippen LogP contribution in [0, 0.1) is 12.3 Å². The highest BCUT2D eigenvalue weighted by atomic mass is 16.5. The highest BCUT2D eigenvalue weighted by Crippen LogP contribution is 2.41. The third-order valence-electron chi connectivity index (χ3n) is 4.92. The van der Waals surface area contributed by atoms with Crippen LogP contribution in [0.1, 0.15) is 18.4 Å². The minimum absolute atomic E-state index is 0.594. The van der Waals surface area contributed by atoms with E-state index in [-0.39, 0.29) is 0 Å². The van der Waals surface area contributed by atoms with Gasteiger partial charge in [0.2, 0.25) is 0 Å². The summed E-state index contributed by atoms with van der Waals surface area (Å²) in [7, 11) is 3.90. The van der Waals surface area contributed by atoms with Gasteiger partial charge in [-0.25, -0.2) is 0 Å². The minimum Gasteiger partial charge on any atom is -0.495 e. The molecule has 1 spiro atoms. The van der Waals surface area contributed by atoms with Gasteiger partial charge in [0.1, 0.15) is 5.75 Å². The van der Waals surface area contributed by atoms with E-state index in [4.69, 9.17) is 10.5 Å². The van der Waals surface area contributed by atoms with E-state index >= 15 is 0 Å². The number of nitrogens with zero attached hydrogens (tertiary/aromatic N) is 2. The third-order valence-corrected chi connectivity index (χ3v) is 4.92. The Morgan fingerprint density at radius 3 is 2.40 bits per heavy atom. The number of nitrogens with two attached hydrogens (primary N) is 1. The van der Waals surface area contributed by atoms with Gasteiger partial charge in [0.25, 0.3) is 0 Å². The molecular weight excluding hydrogens is 250 g/mol. The van der Waals surface area contributed by atoms with Crippen LogP contribution in [0.3, 0.4) is 0 Å². The second-order valence-corrected chi connectivity index (χ2v) is 6.54. The van der Waals surface area contributed by atoms with Gasteiger partial charge in [-0.15, -0.1) is 0 Å². The molecule has 0 unspecified atom stereocenters. The Morgan fingerprint density at radius 1 is 1.20 bits per heavy atom. The van der Waals surface area contributed by atoms with E-state index in [0.717, 1.165) is 24.5 Å². The SMILES string of the molecule is COc1cc(N2CCC3(CC2)CN(C)C3)c(C)cc1N. The molecule has 20 heavy (non-hydrogen) atoms. The summed E-state index contributed by atoms with van der Waals surface area (Å²) < 4.78 is 5.36. The van der Waals surface area contributed by atoms with Crippen molar-refractivity contribution in [1.82, 2.24) is 4.90 Å². The van der Waals surface area contributed by atoms with Gasteiger partial charge in [-0.1, -0.05) is 0 Å². The zero-order chi connectivity index (χ0) is 14.3. The summed E-state index contributed by atoms with van der Waals surface area (Å²) in [5.41, 5.74) is 9.81. The Morgan fingerprint density at radius 2 is 1.85 bits per heavy atom. The second-order valence-electron chi connectivity index (χ2n) is 6.54. The lowest BCUT2D eigenvalue weighted by atomic mass is 9.72. The van der Waals surface area contributed by atoms with E-state index in [2.05, 4.69) is 29.8 Å². The Hall–Kier alpha value is -1.42. The van der Waals surface area contributed by atoms with E-state index in [9.17, 15) is 0 Å². The molecule has 0 radical (unpaired) electrons. The predicted molar refractivity (Wildman–Crippen MR) is 83.5 cm³/mol. The van der Waals surface area contributed by atoms with Crippen molar-refractivity contribution in [3.05, 3.63) is 17.7 Å². The normalized spacial score (nSPS) is 21.9. The van der Waals surface area contributed by atoms with Gasteiger partial charge in [0.15, 0.2) is 0 Å². The second kappa shape index (κ2) is 4.85. The first kappa shape index (κ1) is 13.6. The summed E-state index contributed by atoms with van der Waals surface area (Å²) in [4.78, 5) is 4.91. The predicted octanol–water partition coefficient (Wildman–Crippen LogP) is 2.12. The number of hydrogen-bond donors (Lipinski definition) is 1. The summed E-state index contributed by atoms with van der Waals surface area (Å²) >= 11 is 0. The summed E-state index contributed by atoms with van der Waals surface area (Å²) in [6.45, 7) is 6.95. The average molecular weight is 275 g/mol. The number of nitrogen functional groups attached to an aromatic ring is 1. The van der Waals surface area contributed by atoms with Crippen LogP contribution in [0.5, 0.6) is 5.75 Å². The molecular formula is C16H25N3O. The van der Waals surface area contributed by atoms with Crippen molar-refractivity contribution in [3.63, 3.8) is 0 Å². The van der Waals surface area contributed by atoms with E-state index in [1.807, 2.05) is 6.07 Å². The molecule has 0 atom stereocenters. The first-order valence-electron chi connectivity index (χ1n) is 7.41. The summed E-state index contributed by atoms with van der Waals surface area (Å²) in [5, 5.41) is 0. The molecule has 0 aromatic heterocycles. The number of likely N-dealkylation sites (tertiary alicyclic amines) is 1. The molecule has 4 heteroatoms. The van der Waals surface area contributed by atoms with Crippen LogP contribution in [-0.4, -0.2) is 45.2 Å². The lowest BCUT2D eigenvalue weighted by Crippen LogP contribution is -2.58. The first-order chi connectivity index (χ1) is 9.53. The van der Waals surface area contributed by atoms with Crippen molar-refractivity contribution >= 4 is 11.4 Å². The van der Waals surface area contributed by atoms with Crippen LogP contribution in [0.4, 0.5) is 11.4 Å². The molecule has 2 heterocycles. The number of anilines is 2. The van der Waals surface area contributed by atoms with E-state index in [1.54, 1.807) is 7.11 Å². The van der Waals surface area contributed by atoms with Crippen molar-refractivity contribution in [1.29, 1.82) is 0 Å². The largest absolute Gasteiger partial charge is 0.495 e. The van der Waals surface area contributed by atoms with Crippen LogP contribution in [0.25, 0.3) is 0 Å². The Labute approximate surface area is 121 Å². The van der Waals surface area contributed by atoms with Crippen molar-refractivity contribution < 1.29 is 4.74 Å². The maximum Gasteiger partial charge on any atom is 0.143 e. The van der Waals surface area contributed by atoms with Gasteiger partial charge in [-0.05, 0) is 43.9 Å². The van der Waals surface area contributed by atoms with Gasteiger partial charge in [0, 0.05) is 37.9 Å². The van der Waals surface area contributed by atoms with Gasteiger partial charge in [-0.3, -0.25) is 0 Å². The molecule has 110 valence electrons. The first-order valence-corrected chi connectivity index (χ1v) is 7.41. The Bertz CT molecular complexity index is 499. The topological polar surface area (TPSA) is 41.7 Å². The average Bonchev–Trinajstić information content (AvgIpc) is 2.39. The molecule has 2 saturated heterocycles. The molecule has 4 nitrogen and oxygen atoms in total. The molecule has 2 N–H and O–H groups in total. The zero-order valence-electron chi connectivity index (χ0n) is 12.8. The standard InChI is InChI=1S/C16H25N3O/c1-12-8-13(17)15(20-3)9-14(12)19-6-4-16(5-7-19)10-18(2)11-16/h8-9H,4-7,10-11,17H2,1-3H3. The van der Waals surface area contributed by atoms with Crippen LogP contribution in [0.15, 0.2) is 12.1 Å². The molecule has 2 aliphatic heterocycles. The van der Waals surface area contributed by atoms with Crippen LogP contribution >= 0.6 is 0 Å². The number of rotatable bonds is 2. The lowest BCUT2D eigenvalue weighted by Gasteiger charge is -2.53. The van der Waals surface area contributed by atoms with Crippen molar-refractivity contribution in [2.45, 2.75) is 19.8 Å².